The average molecular weight is 286 g/mol. The molecule has 0 aliphatic carbocycles. The first kappa shape index (κ1) is 13.5. The standard InChI is InChI=1S/C15H18N4O2/c1-2-5-10-13(16)14(18-17-10)15(20)19-8-9-21-12-7-4-3-6-11(12)19/h3-4,6-7H,2,5,8-9,16H2,1H3,(H,17,18). The number of carbonyl (C=O) groups excluding carboxylic acids is 1. The number of nitrogens with one attached hydrogen (secondary N) is 1. The van der Waals surface area contributed by atoms with Crippen LogP contribution in [-0.4, -0.2) is 29.3 Å². The SMILES string of the molecule is CCCc1[nH]nc(C(=O)N2CCOc3ccccc32)c1N. The minimum Gasteiger partial charge on any atom is -0.490 e. The van der Waals surface area contributed by atoms with E-state index in [4.69, 9.17) is 10.5 Å². The first-order valence-electron chi connectivity index (χ1n) is 7.08. The molecule has 0 bridgehead atoms. The van der Waals surface area contributed by atoms with Crippen molar-refractivity contribution in [3.63, 3.8) is 0 Å². The summed E-state index contributed by atoms with van der Waals surface area (Å²) in [5.41, 5.74) is 8.36. The number of nitrogens with two attached hydrogens (primary N) is 1. The summed E-state index contributed by atoms with van der Waals surface area (Å²) in [6.45, 7) is 3.01. The summed E-state index contributed by atoms with van der Waals surface area (Å²) in [4.78, 5) is 14.4. The fourth-order valence-corrected chi connectivity index (χ4v) is 2.50. The molecule has 0 spiro atoms. The quantitative estimate of drug-likeness (QED) is 0.903. The van der Waals surface area contributed by atoms with E-state index in [1.165, 1.54) is 0 Å². The van der Waals surface area contributed by atoms with Crippen molar-refractivity contribution < 1.29 is 9.53 Å². The number of aromatic nitrogens is 2. The predicted octanol–water partition coefficient (Wildman–Crippen LogP) is 1.98. The summed E-state index contributed by atoms with van der Waals surface area (Å²) in [5.74, 6) is 0.516. The fraction of sp³-hybridized carbons (Fsp3) is 0.333. The second-order valence-corrected chi connectivity index (χ2v) is 4.99. The molecule has 110 valence electrons. The molecule has 2 heterocycles. The van der Waals surface area contributed by atoms with Crippen LogP contribution in [0, 0.1) is 0 Å². The van der Waals surface area contributed by atoms with Crippen LogP contribution in [0.5, 0.6) is 5.75 Å². The number of aromatic amines is 1. The summed E-state index contributed by atoms with van der Waals surface area (Å²) in [5, 5.41) is 6.97. The number of H-pyrrole nitrogens is 1. The van der Waals surface area contributed by atoms with E-state index < -0.39 is 0 Å². The smallest absolute Gasteiger partial charge is 0.281 e. The molecule has 0 saturated heterocycles. The van der Waals surface area contributed by atoms with Crippen molar-refractivity contribution in [3.8, 4) is 5.75 Å². The van der Waals surface area contributed by atoms with Crippen LogP contribution in [0.2, 0.25) is 0 Å². The molecule has 3 rings (SSSR count). The maximum absolute atomic E-state index is 12.7. The van der Waals surface area contributed by atoms with Crippen molar-refractivity contribution in [3.05, 3.63) is 35.7 Å². The highest BCUT2D eigenvalue weighted by Gasteiger charge is 2.28. The fourth-order valence-electron chi connectivity index (χ4n) is 2.50. The minimum absolute atomic E-state index is 0.193. The molecule has 0 saturated carbocycles. The van der Waals surface area contributed by atoms with Gasteiger partial charge in [0.2, 0.25) is 0 Å². The molecule has 0 radical (unpaired) electrons. The van der Waals surface area contributed by atoms with Gasteiger partial charge in [0.15, 0.2) is 5.69 Å². The molecule has 1 aromatic carbocycles. The Kier molecular flexibility index (Phi) is 3.51. The highest BCUT2D eigenvalue weighted by atomic mass is 16.5. The molecule has 21 heavy (non-hydrogen) atoms. The summed E-state index contributed by atoms with van der Waals surface area (Å²) < 4.78 is 5.56. The first-order chi connectivity index (χ1) is 10.2. The van der Waals surface area contributed by atoms with E-state index in [1.807, 2.05) is 24.3 Å². The van der Waals surface area contributed by atoms with E-state index in [0.29, 0.717) is 24.6 Å². The molecule has 1 amide bonds. The molecular formula is C15H18N4O2. The number of hydrogen-bond donors (Lipinski definition) is 2. The molecule has 1 aliphatic rings. The number of carbonyl (C=O) groups is 1. The third kappa shape index (κ3) is 2.33. The number of amides is 1. The van der Waals surface area contributed by atoms with Gasteiger partial charge in [0.05, 0.1) is 23.6 Å². The van der Waals surface area contributed by atoms with Crippen molar-refractivity contribution in [2.45, 2.75) is 19.8 Å². The van der Waals surface area contributed by atoms with E-state index in [0.717, 1.165) is 24.2 Å². The number of anilines is 2. The van der Waals surface area contributed by atoms with Gasteiger partial charge in [0.1, 0.15) is 12.4 Å². The van der Waals surface area contributed by atoms with Gasteiger partial charge in [-0.25, -0.2) is 0 Å². The van der Waals surface area contributed by atoms with Crippen LogP contribution in [0.1, 0.15) is 29.5 Å². The predicted molar refractivity (Wildman–Crippen MR) is 80.6 cm³/mol. The number of nitrogen functional groups attached to an aromatic ring is 1. The van der Waals surface area contributed by atoms with Gasteiger partial charge < -0.3 is 10.5 Å². The van der Waals surface area contributed by atoms with E-state index in [9.17, 15) is 4.79 Å². The zero-order chi connectivity index (χ0) is 14.8. The largest absolute Gasteiger partial charge is 0.490 e. The Morgan fingerprint density at radius 1 is 1.48 bits per heavy atom. The second kappa shape index (κ2) is 5.47. The maximum Gasteiger partial charge on any atom is 0.281 e. The van der Waals surface area contributed by atoms with Gasteiger partial charge >= 0.3 is 0 Å². The molecule has 0 unspecified atom stereocenters. The Hall–Kier alpha value is -2.50. The number of ether oxygens (including phenoxy) is 1. The Morgan fingerprint density at radius 2 is 2.29 bits per heavy atom. The van der Waals surface area contributed by atoms with E-state index in [1.54, 1.807) is 4.90 Å². The Labute approximate surface area is 122 Å². The van der Waals surface area contributed by atoms with Crippen molar-refractivity contribution in [1.29, 1.82) is 0 Å². The lowest BCUT2D eigenvalue weighted by Gasteiger charge is -2.28. The first-order valence-corrected chi connectivity index (χ1v) is 7.08. The van der Waals surface area contributed by atoms with Gasteiger partial charge in [-0.3, -0.25) is 14.8 Å². The topological polar surface area (TPSA) is 84.2 Å². The van der Waals surface area contributed by atoms with Crippen molar-refractivity contribution >= 4 is 17.3 Å². The lowest BCUT2D eigenvalue weighted by Crippen LogP contribution is -2.38. The molecule has 2 aromatic rings. The summed E-state index contributed by atoms with van der Waals surface area (Å²) >= 11 is 0. The van der Waals surface area contributed by atoms with Gasteiger partial charge in [0.25, 0.3) is 5.91 Å². The van der Waals surface area contributed by atoms with Gasteiger partial charge in [-0.1, -0.05) is 25.5 Å². The van der Waals surface area contributed by atoms with Crippen LogP contribution >= 0.6 is 0 Å². The van der Waals surface area contributed by atoms with Crippen LogP contribution in [0.4, 0.5) is 11.4 Å². The lowest BCUT2D eigenvalue weighted by atomic mass is 10.1. The van der Waals surface area contributed by atoms with Crippen molar-refractivity contribution in [2.75, 3.05) is 23.8 Å². The van der Waals surface area contributed by atoms with Gasteiger partial charge in [-0.05, 0) is 18.6 Å². The van der Waals surface area contributed by atoms with E-state index in [2.05, 4.69) is 17.1 Å². The van der Waals surface area contributed by atoms with Crippen LogP contribution in [-0.2, 0) is 6.42 Å². The van der Waals surface area contributed by atoms with Crippen molar-refractivity contribution in [1.82, 2.24) is 10.2 Å². The summed E-state index contributed by atoms with van der Waals surface area (Å²) in [6.07, 6.45) is 1.73. The maximum atomic E-state index is 12.7. The van der Waals surface area contributed by atoms with Gasteiger partial charge in [-0.2, -0.15) is 5.10 Å². The number of benzene rings is 1. The van der Waals surface area contributed by atoms with E-state index >= 15 is 0 Å². The number of nitrogens with zero attached hydrogens (tertiary/aromatic N) is 2. The Balaban J connectivity index is 1.93. The summed E-state index contributed by atoms with van der Waals surface area (Å²) in [7, 11) is 0. The molecule has 1 aliphatic heterocycles. The molecule has 6 heteroatoms. The van der Waals surface area contributed by atoms with Crippen LogP contribution in [0.3, 0.4) is 0 Å². The van der Waals surface area contributed by atoms with Crippen LogP contribution in [0.25, 0.3) is 0 Å². The second-order valence-electron chi connectivity index (χ2n) is 4.99. The monoisotopic (exact) mass is 286 g/mol. The molecule has 3 N–H and O–H groups in total. The van der Waals surface area contributed by atoms with Crippen LogP contribution < -0.4 is 15.4 Å². The average Bonchev–Trinajstić information content (AvgIpc) is 2.88. The van der Waals surface area contributed by atoms with Crippen molar-refractivity contribution in [2.24, 2.45) is 0 Å². The zero-order valence-electron chi connectivity index (χ0n) is 11.9. The number of hydrogen-bond acceptors (Lipinski definition) is 4. The summed E-state index contributed by atoms with van der Waals surface area (Å²) in [6, 6.07) is 7.48. The number of aryl methyl sites for hydroxylation is 1. The number of fused-ring (bicyclic) bond motifs is 1. The Morgan fingerprint density at radius 3 is 3.10 bits per heavy atom. The molecule has 0 atom stereocenters. The van der Waals surface area contributed by atoms with E-state index in [-0.39, 0.29) is 11.6 Å². The zero-order valence-corrected chi connectivity index (χ0v) is 11.9. The molecule has 1 aromatic heterocycles. The highest BCUT2D eigenvalue weighted by molar-refractivity contribution is 6.09. The Bertz CT molecular complexity index is 665. The molecular weight excluding hydrogens is 268 g/mol. The molecule has 0 fully saturated rings. The van der Waals surface area contributed by atoms with Gasteiger partial charge in [-0.15, -0.1) is 0 Å². The molecule has 6 nitrogen and oxygen atoms in total. The van der Waals surface area contributed by atoms with Crippen LogP contribution in [0.15, 0.2) is 24.3 Å². The highest BCUT2D eigenvalue weighted by Crippen LogP contribution is 2.32. The third-order valence-corrected chi connectivity index (χ3v) is 3.56. The van der Waals surface area contributed by atoms with Gasteiger partial charge in [0, 0.05) is 0 Å². The third-order valence-electron chi connectivity index (χ3n) is 3.56. The minimum atomic E-state index is -0.193. The number of rotatable bonds is 3. The normalized spacial score (nSPS) is 13.7. The lowest BCUT2D eigenvalue weighted by molar-refractivity contribution is 0.0972. The number of para-hydroxylation sites is 2.